The highest BCUT2D eigenvalue weighted by Crippen LogP contribution is 2.36. The number of aliphatic hydroxyl groups excluding tert-OH is 1. The molecule has 1 N–H and O–H groups in total. The molecular weight excluding hydrogens is 216 g/mol. The molecule has 16 heavy (non-hydrogen) atoms. The fraction of sp³-hybridized carbons (Fsp3) is 0.714. The van der Waals surface area contributed by atoms with Crippen LogP contribution in [0.2, 0.25) is 0 Å². The van der Waals surface area contributed by atoms with Crippen molar-refractivity contribution in [1.29, 1.82) is 0 Å². The third kappa shape index (κ3) is 3.91. The Hall–Kier alpha value is -0.340. The van der Waals surface area contributed by atoms with Crippen molar-refractivity contribution in [3.8, 4) is 0 Å². The van der Waals surface area contributed by atoms with E-state index < -0.39 is 0 Å². The Balaban J connectivity index is 2.79. The van der Waals surface area contributed by atoms with Crippen LogP contribution < -0.4 is 0 Å². The van der Waals surface area contributed by atoms with Crippen molar-refractivity contribution in [2.24, 2.45) is 5.41 Å². The topological polar surface area (TPSA) is 20.2 Å². The molecule has 0 aromatic carbocycles. The van der Waals surface area contributed by atoms with Crippen LogP contribution in [0.15, 0.2) is 12.1 Å². The lowest BCUT2D eigenvalue weighted by Gasteiger charge is -2.21. The van der Waals surface area contributed by atoms with Crippen molar-refractivity contribution < 1.29 is 5.11 Å². The number of thiophene rings is 1. The molecule has 0 aliphatic rings. The lowest BCUT2D eigenvalue weighted by atomic mass is 9.89. The minimum absolute atomic E-state index is 0.172. The average Bonchev–Trinajstić information content (AvgIpc) is 2.46. The molecule has 0 bridgehead atoms. The van der Waals surface area contributed by atoms with E-state index in [9.17, 15) is 5.11 Å². The highest BCUT2D eigenvalue weighted by Gasteiger charge is 2.22. The molecule has 92 valence electrons. The molecule has 0 fully saturated rings. The van der Waals surface area contributed by atoms with E-state index in [4.69, 9.17) is 0 Å². The highest BCUT2D eigenvalue weighted by molar-refractivity contribution is 7.12. The van der Waals surface area contributed by atoms with Gasteiger partial charge in [-0.05, 0) is 29.4 Å². The fourth-order valence-corrected chi connectivity index (χ4v) is 2.67. The van der Waals surface area contributed by atoms with Gasteiger partial charge in [-0.2, -0.15) is 0 Å². The molecule has 0 aliphatic carbocycles. The van der Waals surface area contributed by atoms with Crippen LogP contribution in [0, 0.1) is 5.41 Å². The molecule has 1 atom stereocenters. The first kappa shape index (κ1) is 13.7. The molecular formula is C14H24OS. The van der Waals surface area contributed by atoms with Gasteiger partial charge >= 0.3 is 0 Å². The van der Waals surface area contributed by atoms with E-state index >= 15 is 0 Å². The summed E-state index contributed by atoms with van der Waals surface area (Å²) in [6, 6.07) is 4.22. The monoisotopic (exact) mass is 240 g/mol. The van der Waals surface area contributed by atoms with Gasteiger partial charge in [0.15, 0.2) is 0 Å². The molecule has 1 aromatic heterocycles. The summed E-state index contributed by atoms with van der Waals surface area (Å²) in [5.41, 5.74) is 0.357. The Labute approximate surface area is 104 Å². The summed E-state index contributed by atoms with van der Waals surface area (Å²) in [5.74, 6) is 0. The normalized spacial score (nSPS) is 15.2. The number of rotatable bonds is 2. The smallest absolute Gasteiger partial charge is 0.0887 e. The van der Waals surface area contributed by atoms with Crippen LogP contribution in [0.1, 0.15) is 63.8 Å². The first-order chi connectivity index (χ1) is 7.09. The largest absolute Gasteiger partial charge is 0.388 e. The Morgan fingerprint density at radius 2 is 1.69 bits per heavy atom. The average molecular weight is 240 g/mol. The van der Waals surface area contributed by atoms with Crippen molar-refractivity contribution in [2.45, 2.75) is 59.5 Å². The standard InChI is InChI=1S/C14H24OS/c1-13(2,3)9-10(15)11-7-8-12(16-11)14(4,5)6/h7-8,10,15H,9H2,1-6H3. The summed E-state index contributed by atoms with van der Waals surface area (Å²) >= 11 is 1.74. The summed E-state index contributed by atoms with van der Waals surface area (Å²) in [5, 5.41) is 10.1. The maximum absolute atomic E-state index is 10.1. The molecule has 1 heterocycles. The predicted octanol–water partition coefficient (Wildman–Crippen LogP) is 4.52. The molecule has 0 spiro atoms. The summed E-state index contributed by atoms with van der Waals surface area (Å²) in [4.78, 5) is 2.44. The Morgan fingerprint density at radius 1 is 1.12 bits per heavy atom. The van der Waals surface area contributed by atoms with Gasteiger partial charge in [-0.1, -0.05) is 41.5 Å². The zero-order chi connectivity index (χ0) is 12.6. The van der Waals surface area contributed by atoms with E-state index in [1.54, 1.807) is 11.3 Å². The van der Waals surface area contributed by atoms with Crippen molar-refractivity contribution >= 4 is 11.3 Å². The number of hydrogen-bond donors (Lipinski definition) is 1. The molecule has 0 aliphatic heterocycles. The lowest BCUT2D eigenvalue weighted by Crippen LogP contribution is -2.11. The van der Waals surface area contributed by atoms with Crippen LogP contribution in [0.5, 0.6) is 0 Å². The van der Waals surface area contributed by atoms with E-state index in [1.807, 2.05) is 0 Å². The molecule has 0 saturated carbocycles. The SMILES string of the molecule is CC(C)(C)CC(O)c1ccc(C(C)(C)C)s1. The molecule has 0 radical (unpaired) electrons. The maximum Gasteiger partial charge on any atom is 0.0887 e. The first-order valence-electron chi connectivity index (χ1n) is 5.88. The van der Waals surface area contributed by atoms with Crippen molar-refractivity contribution in [1.82, 2.24) is 0 Å². The quantitative estimate of drug-likeness (QED) is 0.806. The lowest BCUT2D eigenvalue weighted by molar-refractivity contribution is 0.125. The van der Waals surface area contributed by atoms with E-state index in [0.29, 0.717) is 0 Å². The molecule has 1 aromatic rings. The zero-order valence-electron chi connectivity index (χ0n) is 11.3. The second-order valence-corrected chi connectivity index (χ2v) is 7.85. The molecule has 1 nitrogen and oxygen atoms in total. The Bertz CT molecular complexity index is 338. The third-order valence-electron chi connectivity index (χ3n) is 2.50. The van der Waals surface area contributed by atoms with Crippen LogP contribution in [0.4, 0.5) is 0 Å². The van der Waals surface area contributed by atoms with Crippen molar-refractivity contribution in [3.05, 3.63) is 21.9 Å². The molecule has 1 rings (SSSR count). The zero-order valence-corrected chi connectivity index (χ0v) is 12.1. The summed E-state index contributed by atoms with van der Waals surface area (Å²) in [7, 11) is 0. The predicted molar refractivity (Wildman–Crippen MR) is 72.1 cm³/mol. The first-order valence-corrected chi connectivity index (χ1v) is 6.69. The van der Waals surface area contributed by atoms with Crippen LogP contribution in [-0.2, 0) is 5.41 Å². The van der Waals surface area contributed by atoms with Gasteiger partial charge in [0.1, 0.15) is 0 Å². The minimum Gasteiger partial charge on any atom is -0.388 e. The van der Waals surface area contributed by atoms with E-state index in [2.05, 4.69) is 53.7 Å². The van der Waals surface area contributed by atoms with Crippen molar-refractivity contribution in [3.63, 3.8) is 0 Å². The van der Waals surface area contributed by atoms with Gasteiger partial charge in [0.05, 0.1) is 6.10 Å². The third-order valence-corrected chi connectivity index (χ3v) is 4.11. The van der Waals surface area contributed by atoms with Gasteiger partial charge in [-0.3, -0.25) is 0 Å². The van der Waals surface area contributed by atoms with Gasteiger partial charge in [0.25, 0.3) is 0 Å². The van der Waals surface area contributed by atoms with Gasteiger partial charge in [-0.15, -0.1) is 11.3 Å². The second kappa shape index (κ2) is 4.50. The minimum atomic E-state index is -0.318. The second-order valence-electron chi connectivity index (χ2n) is 6.73. The fourth-order valence-electron chi connectivity index (χ4n) is 1.62. The van der Waals surface area contributed by atoms with Gasteiger partial charge in [0, 0.05) is 9.75 Å². The van der Waals surface area contributed by atoms with E-state index in [-0.39, 0.29) is 16.9 Å². The van der Waals surface area contributed by atoms with Crippen LogP contribution in [0.3, 0.4) is 0 Å². The van der Waals surface area contributed by atoms with Gasteiger partial charge < -0.3 is 5.11 Å². The van der Waals surface area contributed by atoms with Gasteiger partial charge in [0.2, 0.25) is 0 Å². The summed E-state index contributed by atoms with van der Waals surface area (Å²) in [6.45, 7) is 13.1. The maximum atomic E-state index is 10.1. The van der Waals surface area contributed by atoms with Crippen LogP contribution in [-0.4, -0.2) is 5.11 Å². The Kier molecular flexibility index (Phi) is 3.86. The van der Waals surface area contributed by atoms with E-state index in [1.165, 1.54) is 4.88 Å². The van der Waals surface area contributed by atoms with Crippen LogP contribution in [0.25, 0.3) is 0 Å². The number of aliphatic hydroxyl groups is 1. The molecule has 0 saturated heterocycles. The Morgan fingerprint density at radius 3 is 2.06 bits per heavy atom. The summed E-state index contributed by atoms with van der Waals surface area (Å²) in [6.07, 6.45) is 0.498. The van der Waals surface area contributed by atoms with Crippen molar-refractivity contribution in [2.75, 3.05) is 0 Å². The molecule has 0 amide bonds. The molecule has 1 unspecified atom stereocenters. The summed E-state index contributed by atoms with van der Waals surface area (Å²) < 4.78 is 0. The van der Waals surface area contributed by atoms with Crippen LogP contribution >= 0.6 is 11.3 Å². The highest BCUT2D eigenvalue weighted by atomic mass is 32.1. The molecule has 2 heteroatoms. The van der Waals surface area contributed by atoms with Gasteiger partial charge in [-0.25, -0.2) is 0 Å². The van der Waals surface area contributed by atoms with E-state index in [0.717, 1.165) is 11.3 Å². The number of hydrogen-bond acceptors (Lipinski definition) is 2.